The normalized spacial score (nSPS) is 12.2. The zero-order chi connectivity index (χ0) is 14.0. The van der Waals surface area contributed by atoms with E-state index in [1.807, 2.05) is 0 Å². The molecule has 98 valence electrons. The van der Waals surface area contributed by atoms with Crippen molar-refractivity contribution in [2.45, 2.75) is 36.3 Å². The van der Waals surface area contributed by atoms with E-state index in [4.69, 9.17) is 5.26 Å². The lowest BCUT2D eigenvalue weighted by Gasteiger charge is -2.23. The lowest BCUT2D eigenvalue weighted by Crippen LogP contribution is -2.36. The minimum absolute atomic E-state index is 0.0122. The van der Waals surface area contributed by atoms with Crippen LogP contribution in [-0.4, -0.2) is 13.2 Å². The molecule has 0 radical (unpaired) electrons. The Morgan fingerprint density at radius 3 is 2.28 bits per heavy atom. The van der Waals surface area contributed by atoms with Crippen LogP contribution in [0.3, 0.4) is 0 Å². The van der Waals surface area contributed by atoms with Gasteiger partial charge < -0.3 is 0 Å². The molecule has 0 spiro atoms. The van der Waals surface area contributed by atoms with Gasteiger partial charge in [-0.15, -0.1) is 0 Å². The number of halogens is 2. The Balaban J connectivity index is 3.56. The molecule has 6 heteroatoms. The van der Waals surface area contributed by atoms with E-state index < -0.39 is 31.1 Å². The van der Waals surface area contributed by atoms with Gasteiger partial charge in [0, 0.05) is 0 Å². The molecule has 0 bridgehead atoms. The molecule has 0 fully saturated rings. The van der Waals surface area contributed by atoms with Gasteiger partial charge in [-0.2, -0.15) is 5.26 Å². The van der Waals surface area contributed by atoms with Crippen LogP contribution in [0.15, 0.2) is 23.1 Å². The average Bonchev–Trinajstić information content (AvgIpc) is 2.34. The van der Waals surface area contributed by atoms with Crippen LogP contribution in [0.2, 0.25) is 0 Å². The van der Waals surface area contributed by atoms with Gasteiger partial charge in [0.15, 0.2) is 14.6 Å². The Hall–Kier alpha value is -1.48. The van der Waals surface area contributed by atoms with Crippen LogP contribution >= 0.6 is 0 Å². The maximum Gasteiger partial charge on any atom is 0.200 e. The van der Waals surface area contributed by atoms with E-state index >= 15 is 0 Å². The summed E-state index contributed by atoms with van der Waals surface area (Å²) >= 11 is 0. The first-order valence-corrected chi connectivity index (χ1v) is 6.94. The highest BCUT2D eigenvalue weighted by Crippen LogP contribution is 2.33. The predicted octanol–water partition coefficient (Wildman–Crippen LogP) is 2.82. The number of hydrogen-bond donors (Lipinski definition) is 0. The molecule has 1 aromatic carbocycles. The third-order valence-corrected chi connectivity index (χ3v) is 5.63. The monoisotopic (exact) mass is 273 g/mol. The van der Waals surface area contributed by atoms with Gasteiger partial charge in [0.2, 0.25) is 0 Å². The van der Waals surface area contributed by atoms with E-state index in [2.05, 4.69) is 0 Å². The summed E-state index contributed by atoms with van der Waals surface area (Å²) in [6, 6.07) is 3.92. The molecule has 0 aliphatic heterocycles. The molecule has 0 atom stereocenters. The first-order chi connectivity index (χ1) is 8.34. The zero-order valence-corrected chi connectivity index (χ0v) is 10.9. The summed E-state index contributed by atoms with van der Waals surface area (Å²) in [5.74, 6) is -1.90. The quantitative estimate of drug-likeness (QED) is 0.847. The summed E-state index contributed by atoms with van der Waals surface area (Å²) in [7, 11) is -4.24. The van der Waals surface area contributed by atoms with Crippen LogP contribution in [0.5, 0.6) is 0 Å². The second-order valence-corrected chi connectivity index (χ2v) is 6.12. The molecule has 0 heterocycles. The predicted molar refractivity (Wildman–Crippen MR) is 62.5 cm³/mol. The Morgan fingerprint density at radius 1 is 1.28 bits per heavy atom. The topological polar surface area (TPSA) is 57.9 Å². The van der Waals surface area contributed by atoms with Crippen molar-refractivity contribution in [3.63, 3.8) is 0 Å². The Morgan fingerprint density at radius 2 is 1.83 bits per heavy atom. The van der Waals surface area contributed by atoms with E-state index in [9.17, 15) is 17.2 Å². The first kappa shape index (κ1) is 14.6. The lowest BCUT2D eigenvalue weighted by molar-refractivity contribution is 0.520. The van der Waals surface area contributed by atoms with Crippen LogP contribution in [0.4, 0.5) is 8.78 Å². The number of nitrogens with zero attached hydrogens (tertiary/aromatic N) is 1. The standard InChI is InChI=1S/C12H13F2NO2S/c1-3-12(4-2,8-15)18(16,17)11-7-9(13)5-6-10(11)14/h5-7H,3-4H2,1-2H3. The highest BCUT2D eigenvalue weighted by molar-refractivity contribution is 7.93. The molecule has 0 N–H and O–H groups in total. The number of rotatable bonds is 4. The third kappa shape index (κ3) is 2.10. The fourth-order valence-electron chi connectivity index (χ4n) is 1.74. The second-order valence-electron chi connectivity index (χ2n) is 3.89. The number of nitriles is 1. The largest absolute Gasteiger partial charge is 0.222 e. The molecule has 0 aliphatic rings. The van der Waals surface area contributed by atoms with Crippen molar-refractivity contribution in [3.8, 4) is 6.07 Å². The summed E-state index contributed by atoms with van der Waals surface area (Å²) in [6.07, 6.45) is 0.0244. The van der Waals surface area contributed by atoms with Gasteiger partial charge >= 0.3 is 0 Å². The molecule has 0 saturated heterocycles. The van der Waals surface area contributed by atoms with Crippen molar-refractivity contribution in [2.75, 3.05) is 0 Å². The summed E-state index contributed by atoms with van der Waals surface area (Å²) in [4.78, 5) is -0.757. The van der Waals surface area contributed by atoms with Crippen molar-refractivity contribution >= 4 is 9.84 Å². The van der Waals surface area contributed by atoms with Gasteiger partial charge in [0.25, 0.3) is 0 Å². The minimum atomic E-state index is -4.24. The van der Waals surface area contributed by atoms with Crippen LogP contribution in [-0.2, 0) is 9.84 Å². The maximum absolute atomic E-state index is 13.5. The molecular formula is C12H13F2NO2S. The lowest BCUT2D eigenvalue weighted by atomic mass is 10.1. The molecule has 0 aliphatic carbocycles. The molecule has 0 saturated carbocycles. The highest BCUT2D eigenvalue weighted by atomic mass is 32.2. The summed E-state index contributed by atoms with van der Waals surface area (Å²) < 4.78 is 49.5. The average molecular weight is 273 g/mol. The van der Waals surface area contributed by atoms with Crippen molar-refractivity contribution in [1.29, 1.82) is 5.26 Å². The van der Waals surface area contributed by atoms with E-state index in [0.29, 0.717) is 6.07 Å². The number of hydrogen-bond acceptors (Lipinski definition) is 3. The van der Waals surface area contributed by atoms with Crippen LogP contribution in [0.25, 0.3) is 0 Å². The minimum Gasteiger partial charge on any atom is -0.222 e. The van der Waals surface area contributed by atoms with Crippen molar-refractivity contribution in [3.05, 3.63) is 29.8 Å². The smallest absolute Gasteiger partial charge is 0.200 e. The van der Waals surface area contributed by atoms with Gasteiger partial charge in [-0.1, -0.05) is 13.8 Å². The first-order valence-electron chi connectivity index (χ1n) is 5.45. The molecule has 0 aromatic heterocycles. The summed E-state index contributed by atoms with van der Waals surface area (Å²) in [6.45, 7) is 3.06. The zero-order valence-electron chi connectivity index (χ0n) is 10.1. The van der Waals surface area contributed by atoms with Gasteiger partial charge in [-0.25, -0.2) is 17.2 Å². The summed E-state index contributed by atoms with van der Waals surface area (Å²) in [5, 5.41) is 9.09. The van der Waals surface area contributed by atoms with Crippen molar-refractivity contribution in [1.82, 2.24) is 0 Å². The van der Waals surface area contributed by atoms with Gasteiger partial charge in [-0.3, -0.25) is 0 Å². The summed E-state index contributed by atoms with van der Waals surface area (Å²) in [5.41, 5.74) is 0. The molecule has 1 rings (SSSR count). The van der Waals surface area contributed by atoms with Crippen LogP contribution < -0.4 is 0 Å². The van der Waals surface area contributed by atoms with Crippen LogP contribution in [0.1, 0.15) is 26.7 Å². The van der Waals surface area contributed by atoms with Gasteiger partial charge in [0.05, 0.1) is 6.07 Å². The molecule has 1 aromatic rings. The Bertz CT molecular complexity index is 587. The van der Waals surface area contributed by atoms with E-state index in [0.717, 1.165) is 12.1 Å². The third-order valence-electron chi connectivity index (χ3n) is 3.04. The van der Waals surface area contributed by atoms with Gasteiger partial charge in [-0.05, 0) is 31.0 Å². The molecule has 0 amide bonds. The van der Waals surface area contributed by atoms with Crippen molar-refractivity contribution < 1.29 is 17.2 Å². The number of benzene rings is 1. The fourth-order valence-corrected chi connectivity index (χ4v) is 3.64. The number of sulfone groups is 1. The molecule has 0 unspecified atom stereocenters. The second kappa shape index (κ2) is 5.02. The van der Waals surface area contributed by atoms with Crippen LogP contribution in [0, 0.1) is 23.0 Å². The van der Waals surface area contributed by atoms with E-state index in [1.165, 1.54) is 13.8 Å². The highest BCUT2D eigenvalue weighted by Gasteiger charge is 2.43. The fraction of sp³-hybridized carbons (Fsp3) is 0.417. The molecular weight excluding hydrogens is 260 g/mol. The molecule has 3 nitrogen and oxygen atoms in total. The van der Waals surface area contributed by atoms with E-state index in [-0.39, 0.29) is 12.8 Å². The Kier molecular flexibility index (Phi) is 4.07. The van der Waals surface area contributed by atoms with Gasteiger partial charge in [0.1, 0.15) is 16.5 Å². The van der Waals surface area contributed by atoms with E-state index in [1.54, 1.807) is 6.07 Å². The molecule has 18 heavy (non-hydrogen) atoms. The maximum atomic E-state index is 13.5. The van der Waals surface area contributed by atoms with Crippen molar-refractivity contribution in [2.24, 2.45) is 0 Å². The Labute approximate surface area is 105 Å². The SMILES string of the molecule is CCC(C#N)(CC)S(=O)(=O)c1cc(F)ccc1F.